The summed E-state index contributed by atoms with van der Waals surface area (Å²) in [7, 11) is 0. The Bertz CT molecular complexity index is 1250. The molecule has 0 saturated carbocycles. The zero-order valence-corrected chi connectivity index (χ0v) is 15.5. The van der Waals surface area contributed by atoms with E-state index >= 15 is 0 Å². The molecule has 4 rings (SSSR count). The molecule has 2 aromatic carbocycles. The van der Waals surface area contributed by atoms with E-state index in [1.165, 1.54) is 39.2 Å². The second-order valence-corrected chi connectivity index (χ2v) is 7.29. The van der Waals surface area contributed by atoms with E-state index in [1.54, 1.807) is 6.07 Å². The van der Waals surface area contributed by atoms with Crippen LogP contribution in [0.15, 0.2) is 60.2 Å². The van der Waals surface area contributed by atoms with E-state index in [4.69, 9.17) is 10.4 Å². The molecule has 2 heterocycles. The Labute approximate surface area is 160 Å². The molecule has 5 heteroatoms. The molecule has 1 N–H and O–H groups in total. The highest BCUT2D eigenvalue weighted by molar-refractivity contribution is 7.16. The number of aryl methyl sites for hydroxylation is 1. The number of rotatable bonds is 4. The Balaban J connectivity index is 1.83. The van der Waals surface area contributed by atoms with Crippen molar-refractivity contribution in [2.75, 3.05) is 0 Å². The van der Waals surface area contributed by atoms with Crippen LogP contribution in [0.25, 0.3) is 38.3 Å². The first kappa shape index (κ1) is 17.1. The standard InChI is InChI=1S/C22H16N2O2S/c1-2-24-19-6-4-3-5-17(19)18-12-14(7-9-20(18)24)21-10-8-16(27-21)11-15(13-23)22(25)26/h3-12H,2H2,1H3,(H,25,26)/b15-11+. The van der Waals surface area contributed by atoms with Gasteiger partial charge in [0.25, 0.3) is 0 Å². The molecular weight excluding hydrogens is 356 g/mol. The summed E-state index contributed by atoms with van der Waals surface area (Å²) in [6.45, 7) is 3.05. The average Bonchev–Trinajstić information content (AvgIpc) is 3.27. The number of carboxylic acids is 1. The van der Waals surface area contributed by atoms with Crippen LogP contribution in [0.5, 0.6) is 0 Å². The first-order valence-electron chi connectivity index (χ1n) is 8.58. The van der Waals surface area contributed by atoms with Gasteiger partial charge in [-0.25, -0.2) is 4.79 Å². The van der Waals surface area contributed by atoms with Crippen LogP contribution >= 0.6 is 11.3 Å². The van der Waals surface area contributed by atoms with Gasteiger partial charge in [-0.1, -0.05) is 24.3 Å². The first-order valence-corrected chi connectivity index (χ1v) is 9.40. The molecule has 0 unspecified atom stereocenters. The van der Waals surface area contributed by atoms with E-state index < -0.39 is 5.97 Å². The first-order chi connectivity index (χ1) is 13.1. The van der Waals surface area contributed by atoms with Crippen LogP contribution in [0.4, 0.5) is 0 Å². The van der Waals surface area contributed by atoms with Gasteiger partial charge < -0.3 is 9.67 Å². The Hall–Kier alpha value is -3.36. The van der Waals surface area contributed by atoms with Crippen molar-refractivity contribution in [3.8, 4) is 16.5 Å². The molecule has 0 spiro atoms. The highest BCUT2D eigenvalue weighted by Gasteiger charge is 2.12. The number of aliphatic carboxylic acids is 1. The molecule has 0 saturated heterocycles. The minimum Gasteiger partial charge on any atom is -0.477 e. The van der Waals surface area contributed by atoms with E-state index in [9.17, 15) is 4.79 Å². The number of carboxylic acid groups (broad SMARTS) is 1. The van der Waals surface area contributed by atoms with Crippen LogP contribution in [0.2, 0.25) is 0 Å². The van der Waals surface area contributed by atoms with Gasteiger partial charge in [0.1, 0.15) is 11.6 Å². The van der Waals surface area contributed by atoms with Gasteiger partial charge in [-0.05, 0) is 48.9 Å². The number of fused-ring (bicyclic) bond motifs is 3. The number of para-hydroxylation sites is 1. The summed E-state index contributed by atoms with van der Waals surface area (Å²) in [5.41, 5.74) is 3.25. The maximum absolute atomic E-state index is 11.0. The number of hydrogen-bond donors (Lipinski definition) is 1. The minimum absolute atomic E-state index is 0.259. The van der Waals surface area contributed by atoms with Gasteiger partial charge in [0.15, 0.2) is 0 Å². The van der Waals surface area contributed by atoms with Gasteiger partial charge in [-0.2, -0.15) is 5.26 Å². The lowest BCUT2D eigenvalue weighted by Crippen LogP contribution is -1.96. The summed E-state index contributed by atoms with van der Waals surface area (Å²) >= 11 is 1.48. The predicted octanol–water partition coefficient (Wildman–Crippen LogP) is 5.53. The van der Waals surface area contributed by atoms with E-state index in [0.29, 0.717) is 0 Å². The largest absolute Gasteiger partial charge is 0.477 e. The summed E-state index contributed by atoms with van der Waals surface area (Å²) in [6, 6.07) is 20.3. The zero-order chi connectivity index (χ0) is 19.0. The quantitative estimate of drug-likeness (QED) is 0.378. The van der Waals surface area contributed by atoms with E-state index in [0.717, 1.165) is 21.9 Å². The van der Waals surface area contributed by atoms with Crippen LogP contribution in [-0.2, 0) is 11.3 Å². The monoisotopic (exact) mass is 372 g/mol. The minimum atomic E-state index is -1.21. The summed E-state index contributed by atoms with van der Waals surface area (Å²) in [6.07, 6.45) is 1.41. The van der Waals surface area contributed by atoms with Crippen molar-refractivity contribution < 1.29 is 9.90 Å². The van der Waals surface area contributed by atoms with Crippen LogP contribution in [0.3, 0.4) is 0 Å². The Morgan fingerprint density at radius 1 is 1.15 bits per heavy atom. The average molecular weight is 372 g/mol. The highest BCUT2D eigenvalue weighted by atomic mass is 32.1. The lowest BCUT2D eigenvalue weighted by molar-refractivity contribution is -0.132. The fraction of sp³-hybridized carbons (Fsp3) is 0.0909. The number of nitrogens with zero attached hydrogens (tertiary/aromatic N) is 2. The molecule has 0 radical (unpaired) electrons. The molecule has 0 atom stereocenters. The second-order valence-electron chi connectivity index (χ2n) is 6.17. The van der Waals surface area contributed by atoms with Crippen LogP contribution < -0.4 is 0 Å². The van der Waals surface area contributed by atoms with Crippen molar-refractivity contribution in [1.82, 2.24) is 4.57 Å². The highest BCUT2D eigenvalue weighted by Crippen LogP contribution is 2.35. The molecule has 0 aliphatic carbocycles. The molecule has 0 aliphatic heterocycles. The third kappa shape index (κ3) is 2.90. The third-order valence-electron chi connectivity index (χ3n) is 4.64. The van der Waals surface area contributed by atoms with Gasteiger partial charge >= 0.3 is 5.97 Å². The molecule has 132 valence electrons. The zero-order valence-electron chi connectivity index (χ0n) is 14.6. The molecule has 4 aromatic rings. The fourth-order valence-corrected chi connectivity index (χ4v) is 4.36. The summed E-state index contributed by atoms with van der Waals surface area (Å²) < 4.78 is 2.31. The van der Waals surface area contributed by atoms with Gasteiger partial charge in [-0.15, -0.1) is 11.3 Å². The van der Waals surface area contributed by atoms with Crippen molar-refractivity contribution in [2.45, 2.75) is 13.5 Å². The van der Waals surface area contributed by atoms with Gasteiger partial charge in [0.05, 0.1) is 0 Å². The summed E-state index contributed by atoms with van der Waals surface area (Å²) in [5.74, 6) is -1.21. The lowest BCUT2D eigenvalue weighted by atomic mass is 10.1. The number of benzene rings is 2. The smallest absolute Gasteiger partial charge is 0.346 e. The van der Waals surface area contributed by atoms with E-state index in [1.807, 2.05) is 12.1 Å². The van der Waals surface area contributed by atoms with Crippen LogP contribution in [0.1, 0.15) is 11.8 Å². The number of aromatic nitrogens is 1. The Morgan fingerprint density at radius 2 is 1.93 bits per heavy atom. The van der Waals surface area contributed by atoms with E-state index in [2.05, 4.69) is 54.0 Å². The number of thiophene rings is 1. The van der Waals surface area contributed by atoms with Crippen LogP contribution in [-0.4, -0.2) is 15.6 Å². The number of hydrogen-bond acceptors (Lipinski definition) is 3. The number of nitriles is 1. The van der Waals surface area contributed by atoms with Crippen molar-refractivity contribution in [2.24, 2.45) is 0 Å². The van der Waals surface area contributed by atoms with Crippen LogP contribution in [0, 0.1) is 11.3 Å². The molecular formula is C22H16N2O2S. The second kappa shape index (κ2) is 6.75. The van der Waals surface area contributed by atoms with E-state index in [-0.39, 0.29) is 5.57 Å². The van der Waals surface area contributed by atoms with Crippen molar-refractivity contribution in [3.63, 3.8) is 0 Å². The predicted molar refractivity (Wildman–Crippen MR) is 110 cm³/mol. The van der Waals surface area contributed by atoms with Crippen molar-refractivity contribution >= 4 is 45.2 Å². The maximum Gasteiger partial charge on any atom is 0.346 e. The summed E-state index contributed by atoms with van der Waals surface area (Å²) in [5, 5.41) is 20.4. The summed E-state index contributed by atoms with van der Waals surface area (Å²) in [4.78, 5) is 12.8. The number of carbonyl (C=O) groups is 1. The Kier molecular flexibility index (Phi) is 4.27. The normalized spacial score (nSPS) is 11.8. The fourth-order valence-electron chi connectivity index (χ4n) is 3.42. The molecule has 0 amide bonds. The van der Waals surface area contributed by atoms with Gasteiger partial charge in [0.2, 0.25) is 0 Å². The SMILES string of the molecule is CCn1c2ccccc2c2cc(-c3ccc(/C=C(\C#N)C(=O)O)s3)ccc21. The third-order valence-corrected chi connectivity index (χ3v) is 5.72. The van der Waals surface area contributed by atoms with Crippen molar-refractivity contribution in [1.29, 1.82) is 5.26 Å². The maximum atomic E-state index is 11.0. The lowest BCUT2D eigenvalue weighted by Gasteiger charge is -2.03. The topological polar surface area (TPSA) is 66.0 Å². The molecule has 2 aromatic heterocycles. The molecule has 0 fully saturated rings. The molecule has 0 aliphatic rings. The van der Waals surface area contributed by atoms with Crippen molar-refractivity contribution in [3.05, 3.63) is 65.0 Å². The molecule has 0 bridgehead atoms. The molecule has 4 nitrogen and oxygen atoms in total. The molecule has 27 heavy (non-hydrogen) atoms. The van der Waals surface area contributed by atoms with Gasteiger partial charge in [0, 0.05) is 38.1 Å². The Morgan fingerprint density at radius 3 is 2.67 bits per heavy atom. The van der Waals surface area contributed by atoms with Gasteiger partial charge in [-0.3, -0.25) is 0 Å².